The maximum absolute atomic E-state index is 12.8. The fraction of sp³-hybridized carbons (Fsp3) is 0.625. The standard InChI is InChI=1S/C16H24FN/c1-12(2)10-13-4-3-5-16(11-13)18-15-8-6-14(17)7-9-15/h6-9,12-13,16,18H,3-5,10-11H2,1-2H3. The first-order valence-corrected chi connectivity index (χ1v) is 7.15. The van der Waals surface area contributed by atoms with Gasteiger partial charge in [0, 0.05) is 11.7 Å². The molecular formula is C16H24FN. The molecule has 100 valence electrons. The Bertz CT molecular complexity index is 358. The Labute approximate surface area is 110 Å². The van der Waals surface area contributed by atoms with Gasteiger partial charge in [-0.25, -0.2) is 4.39 Å². The normalized spacial score (nSPS) is 24.2. The average molecular weight is 249 g/mol. The van der Waals surface area contributed by atoms with Gasteiger partial charge in [0.1, 0.15) is 5.82 Å². The second kappa shape index (κ2) is 6.21. The predicted molar refractivity (Wildman–Crippen MR) is 75.2 cm³/mol. The summed E-state index contributed by atoms with van der Waals surface area (Å²) >= 11 is 0. The molecule has 0 radical (unpaired) electrons. The smallest absolute Gasteiger partial charge is 0.123 e. The van der Waals surface area contributed by atoms with Gasteiger partial charge >= 0.3 is 0 Å². The summed E-state index contributed by atoms with van der Waals surface area (Å²) in [6, 6.07) is 7.28. The topological polar surface area (TPSA) is 12.0 Å². The predicted octanol–water partition coefficient (Wildman–Crippen LogP) is 4.84. The van der Waals surface area contributed by atoms with Crippen LogP contribution in [0.2, 0.25) is 0 Å². The third kappa shape index (κ3) is 4.01. The molecule has 1 aliphatic rings. The first-order valence-electron chi connectivity index (χ1n) is 7.15. The summed E-state index contributed by atoms with van der Waals surface area (Å²) in [5.41, 5.74) is 1.05. The lowest BCUT2D eigenvalue weighted by atomic mass is 9.81. The zero-order valence-electron chi connectivity index (χ0n) is 11.5. The Hall–Kier alpha value is -1.05. The van der Waals surface area contributed by atoms with Gasteiger partial charge in [-0.2, -0.15) is 0 Å². The first-order chi connectivity index (χ1) is 8.63. The number of halogens is 1. The number of nitrogens with one attached hydrogen (secondary N) is 1. The van der Waals surface area contributed by atoms with E-state index in [4.69, 9.17) is 0 Å². The molecule has 18 heavy (non-hydrogen) atoms. The first kappa shape index (κ1) is 13.4. The van der Waals surface area contributed by atoms with Crippen LogP contribution in [0.15, 0.2) is 24.3 Å². The molecule has 0 aliphatic heterocycles. The SMILES string of the molecule is CC(C)CC1CCCC(Nc2ccc(F)cc2)C1. The van der Waals surface area contributed by atoms with Crippen molar-refractivity contribution in [3.63, 3.8) is 0 Å². The third-order valence-corrected chi connectivity index (χ3v) is 3.80. The van der Waals surface area contributed by atoms with Crippen molar-refractivity contribution < 1.29 is 4.39 Å². The highest BCUT2D eigenvalue weighted by Gasteiger charge is 2.22. The molecule has 2 atom stereocenters. The maximum Gasteiger partial charge on any atom is 0.123 e. The minimum atomic E-state index is -0.165. The van der Waals surface area contributed by atoms with Gasteiger partial charge in [-0.05, 0) is 55.4 Å². The summed E-state index contributed by atoms with van der Waals surface area (Å²) < 4.78 is 12.8. The van der Waals surface area contributed by atoms with Gasteiger partial charge in [-0.1, -0.05) is 26.7 Å². The van der Waals surface area contributed by atoms with E-state index in [0.717, 1.165) is 17.5 Å². The van der Waals surface area contributed by atoms with E-state index in [9.17, 15) is 4.39 Å². The van der Waals surface area contributed by atoms with Crippen molar-refractivity contribution in [3.8, 4) is 0 Å². The van der Waals surface area contributed by atoms with Crippen LogP contribution >= 0.6 is 0 Å². The van der Waals surface area contributed by atoms with Gasteiger partial charge in [0.25, 0.3) is 0 Å². The van der Waals surface area contributed by atoms with Crippen molar-refractivity contribution in [3.05, 3.63) is 30.1 Å². The third-order valence-electron chi connectivity index (χ3n) is 3.80. The number of benzene rings is 1. The molecule has 0 aromatic heterocycles. The van der Waals surface area contributed by atoms with Crippen LogP contribution < -0.4 is 5.32 Å². The molecule has 0 heterocycles. The van der Waals surface area contributed by atoms with Gasteiger partial charge in [-0.3, -0.25) is 0 Å². The van der Waals surface area contributed by atoms with E-state index in [2.05, 4.69) is 19.2 Å². The Morgan fingerprint density at radius 1 is 1.22 bits per heavy atom. The van der Waals surface area contributed by atoms with E-state index in [1.807, 2.05) is 12.1 Å². The molecule has 1 saturated carbocycles. The molecule has 1 N–H and O–H groups in total. The van der Waals surface area contributed by atoms with E-state index in [1.54, 1.807) is 0 Å². The average Bonchev–Trinajstić information content (AvgIpc) is 2.32. The molecule has 0 amide bonds. The zero-order chi connectivity index (χ0) is 13.0. The van der Waals surface area contributed by atoms with Gasteiger partial charge in [-0.15, -0.1) is 0 Å². The van der Waals surface area contributed by atoms with E-state index < -0.39 is 0 Å². The molecule has 2 heteroatoms. The maximum atomic E-state index is 12.8. The molecular weight excluding hydrogens is 225 g/mol. The van der Waals surface area contributed by atoms with E-state index in [0.29, 0.717) is 6.04 Å². The molecule has 2 unspecified atom stereocenters. The fourth-order valence-corrected chi connectivity index (χ4v) is 3.08. The number of anilines is 1. The number of rotatable bonds is 4. The van der Waals surface area contributed by atoms with Gasteiger partial charge in [0.2, 0.25) is 0 Å². The second-order valence-corrected chi connectivity index (χ2v) is 6.01. The molecule has 1 aromatic rings. The monoisotopic (exact) mass is 249 g/mol. The van der Waals surface area contributed by atoms with Gasteiger partial charge in [0.15, 0.2) is 0 Å². The van der Waals surface area contributed by atoms with E-state index >= 15 is 0 Å². The van der Waals surface area contributed by atoms with Crippen LogP contribution in [-0.2, 0) is 0 Å². The Morgan fingerprint density at radius 2 is 1.94 bits per heavy atom. The lowest BCUT2D eigenvalue weighted by molar-refractivity contribution is 0.289. The summed E-state index contributed by atoms with van der Waals surface area (Å²) in [6.45, 7) is 4.61. The van der Waals surface area contributed by atoms with Crippen molar-refractivity contribution in [2.75, 3.05) is 5.32 Å². The summed E-state index contributed by atoms with van der Waals surface area (Å²) in [4.78, 5) is 0. The van der Waals surface area contributed by atoms with Crippen molar-refractivity contribution in [1.29, 1.82) is 0 Å². The lowest BCUT2D eigenvalue weighted by Gasteiger charge is -2.31. The molecule has 1 aliphatic carbocycles. The Kier molecular flexibility index (Phi) is 4.62. The number of hydrogen-bond acceptors (Lipinski definition) is 1. The van der Waals surface area contributed by atoms with Crippen molar-refractivity contribution in [2.45, 2.75) is 52.0 Å². The molecule has 2 rings (SSSR count). The fourth-order valence-electron chi connectivity index (χ4n) is 3.08. The molecule has 0 bridgehead atoms. The van der Waals surface area contributed by atoms with Crippen molar-refractivity contribution in [1.82, 2.24) is 0 Å². The highest BCUT2D eigenvalue weighted by Crippen LogP contribution is 2.30. The second-order valence-electron chi connectivity index (χ2n) is 6.01. The van der Waals surface area contributed by atoms with Crippen LogP contribution in [0, 0.1) is 17.7 Å². The van der Waals surface area contributed by atoms with Crippen LogP contribution in [0.3, 0.4) is 0 Å². The minimum Gasteiger partial charge on any atom is -0.382 e. The van der Waals surface area contributed by atoms with E-state index in [-0.39, 0.29) is 5.82 Å². The highest BCUT2D eigenvalue weighted by molar-refractivity contribution is 5.43. The van der Waals surface area contributed by atoms with Crippen molar-refractivity contribution >= 4 is 5.69 Å². The summed E-state index contributed by atoms with van der Waals surface area (Å²) in [6.07, 6.45) is 6.53. The quantitative estimate of drug-likeness (QED) is 0.805. The Balaban J connectivity index is 1.87. The van der Waals surface area contributed by atoms with Crippen LogP contribution in [0.1, 0.15) is 46.0 Å². The summed E-state index contributed by atoms with van der Waals surface area (Å²) in [5.74, 6) is 1.48. The minimum absolute atomic E-state index is 0.165. The molecule has 0 saturated heterocycles. The van der Waals surface area contributed by atoms with Crippen LogP contribution in [0.25, 0.3) is 0 Å². The molecule has 1 nitrogen and oxygen atoms in total. The largest absolute Gasteiger partial charge is 0.382 e. The van der Waals surface area contributed by atoms with Crippen LogP contribution in [0.4, 0.5) is 10.1 Å². The molecule has 0 spiro atoms. The summed E-state index contributed by atoms with van der Waals surface area (Å²) in [7, 11) is 0. The van der Waals surface area contributed by atoms with Crippen LogP contribution in [0.5, 0.6) is 0 Å². The Morgan fingerprint density at radius 3 is 2.61 bits per heavy atom. The zero-order valence-corrected chi connectivity index (χ0v) is 11.5. The molecule has 1 fully saturated rings. The van der Waals surface area contributed by atoms with E-state index in [1.165, 1.54) is 44.2 Å². The lowest BCUT2D eigenvalue weighted by Crippen LogP contribution is -2.27. The van der Waals surface area contributed by atoms with Crippen LogP contribution in [-0.4, -0.2) is 6.04 Å². The van der Waals surface area contributed by atoms with Crippen molar-refractivity contribution in [2.24, 2.45) is 11.8 Å². The van der Waals surface area contributed by atoms with Gasteiger partial charge < -0.3 is 5.32 Å². The summed E-state index contributed by atoms with van der Waals surface area (Å²) in [5, 5.41) is 3.54. The van der Waals surface area contributed by atoms with Gasteiger partial charge in [0.05, 0.1) is 0 Å². The highest BCUT2D eigenvalue weighted by atomic mass is 19.1. The number of hydrogen-bond donors (Lipinski definition) is 1. The molecule has 1 aromatic carbocycles.